The number of carbonyl (C=O) groups is 1. The molecule has 1 aliphatic rings. The number of hydrogen-bond donors (Lipinski definition) is 1. The molecule has 0 saturated heterocycles. The van der Waals surface area contributed by atoms with Crippen LogP contribution in [0.25, 0.3) is 16.6 Å². The fraction of sp³-hybridized carbons (Fsp3) is 0.280. The van der Waals surface area contributed by atoms with Gasteiger partial charge < -0.3 is 14.6 Å². The highest BCUT2D eigenvalue weighted by Crippen LogP contribution is 2.38. The van der Waals surface area contributed by atoms with Gasteiger partial charge in [0.2, 0.25) is 6.79 Å². The fourth-order valence-corrected chi connectivity index (χ4v) is 4.28. The van der Waals surface area contributed by atoms with E-state index in [-0.39, 0.29) is 12.8 Å². The summed E-state index contributed by atoms with van der Waals surface area (Å²) < 4.78 is 12.6. The maximum absolute atomic E-state index is 11.7. The summed E-state index contributed by atoms with van der Waals surface area (Å²) in [4.78, 5) is 20.7. The van der Waals surface area contributed by atoms with Crippen LogP contribution < -0.4 is 9.47 Å². The van der Waals surface area contributed by atoms with Gasteiger partial charge >= 0.3 is 5.97 Å². The summed E-state index contributed by atoms with van der Waals surface area (Å²) in [5.74, 6) is 0.870. The first-order chi connectivity index (χ1) is 17.1. The molecule has 10 heteroatoms. The second-order valence-corrected chi connectivity index (χ2v) is 8.18. The molecule has 0 fully saturated rings. The van der Waals surface area contributed by atoms with Crippen molar-refractivity contribution in [3.05, 3.63) is 71.8 Å². The molecule has 1 aromatic carbocycles. The minimum atomic E-state index is -1.04. The van der Waals surface area contributed by atoms with E-state index >= 15 is 0 Å². The van der Waals surface area contributed by atoms with Crippen molar-refractivity contribution in [1.29, 1.82) is 0 Å². The van der Waals surface area contributed by atoms with E-state index in [1.165, 1.54) is 6.08 Å². The molecule has 1 N–H and O–H groups in total. The Kier molecular flexibility index (Phi) is 6.34. The molecular formula is C25H24N6O4. The van der Waals surface area contributed by atoms with Crippen molar-refractivity contribution in [2.75, 3.05) is 6.79 Å². The fourth-order valence-electron chi connectivity index (χ4n) is 4.28. The van der Waals surface area contributed by atoms with Gasteiger partial charge in [-0.1, -0.05) is 13.0 Å². The average Bonchev–Trinajstić information content (AvgIpc) is 3.53. The maximum Gasteiger partial charge on any atom is 0.328 e. The SMILES string of the molecule is CCC(/C(=C/C(=O)O)c1ccc2c(c1)OCO2)n1nnnc1CCCc1ccc2cccnc2n1. The van der Waals surface area contributed by atoms with Gasteiger partial charge in [-0.25, -0.2) is 19.4 Å². The summed E-state index contributed by atoms with van der Waals surface area (Å²) in [6.45, 7) is 2.12. The molecule has 1 aliphatic heterocycles. The third-order valence-electron chi connectivity index (χ3n) is 5.94. The first kappa shape index (κ1) is 22.5. The number of nitrogens with zero attached hydrogens (tertiary/aromatic N) is 6. The number of rotatable bonds is 9. The van der Waals surface area contributed by atoms with Gasteiger partial charge in [-0.05, 0) is 77.2 Å². The highest BCUT2D eigenvalue weighted by molar-refractivity contribution is 5.91. The summed E-state index contributed by atoms with van der Waals surface area (Å²) in [6.07, 6.45) is 5.69. The Morgan fingerprint density at radius 2 is 2.06 bits per heavy atom. The van der Waals surface area contributed by atoms with Gasteiger partial charge in [0.25, 0.3) is 0 Å². The zero-order valence-corrected chi connectivity index (χ0v) is 19.2. The van der Waals surface area contributed by atoms with E-state index in [2.05, 4.69) is 25.5 Å². The number of ether oxygens (including phenoxy) is 2. The molecule has 1 atom stereocenters. The molecule has 4 heterocycles. The van der Waals surface area contributed by atoms with E-state index < -0.39 is 5.97 Å². The third-order valence-corrected chi connectivity index (χ3v) is 5.94. The van der Waals surface area contributed by atoms with Crippen molar-refractivity contribution in [1.82, 2.24) is 30.2 Å². The van der Waals surface area contributed by atoms with Gasteiger partial charge in [0.05, 0.1) is 6.04 Å². The van der Waals surface area contributed by atoms with Crippen LogP contribution in [0.3, 0.4) is 0 Å². The van der Waals surface area contributed by atoms with Crippen LogP contribution in [0.15, 0.2) is 54.7 Å². The number of aryl methyl sites for hydroxylation is 2. The average molecular weight is 473 g/mol. The summed E-state index contributed by atoms with van der Waals surface area (Å²) in [5.41, 5.74) is 2.99. The topological polar surface area (TPSA) is 125 Å². The van der Waals surface area contributed by atoms with Crippen molar-refractivity contribution in [2.24, 2.45) is 0 Å². The molecule has 10 nitrogen and oxygen atoms in total. The number of aromatic nitrogens is 6. The second kappa shape index (κ2) is 9.88. The van der Waals surface area contributed by atoms with Gasteiger partial charge in [0.15, 0.2) is 23.0 Å². The number of fused-ring (bicyclic) bond motifs is 2. The Bertz CT molecular complexity index is 1400. The summed E-state index contributed by atoms with van der Waals surface area (Å²) in [5, 5.41) is 22.9. The van der Waals surface area contributed by atoms with E-state index in [0.717, 1.165) is 35.1 Å². The Balaban J connectivity index is 1.36. The standard InChI is InChI=1S/C25H24N6O4/c1-2-20(19(14-24(32)33)17-9-11-21-22(13-17)35-15-34-21)31-23(28-29-30-31)7-3-6-18-10-8-16-5-4-12-26-25(16)27-18/h4-5,8-14,20H,2-3,6-7,15H2,1H3,(H,32,33)/b19-14+. The Morgan fingerprint density at radius 3 is 2.91 bits per heavy atom. The molecule has 0 saturated carbocycles. The van der Waals surface area contributed by atoms with Gasteiger partial charge in [0, 0.05) is 29.8 Å². The lowest BCUT2D eigenvalue weighted by atomic mass is 9.95. The summed E-state index contributed by atoms with van der Waals surface area (Å²) >= 11 is 0. The highest BCUT2D eigenvalue weighted by atomic mass is 16.7. The van der Waals surface area contributed by atoms with E-state index in [9.17, 15) is 9.90 Å². The molecule has 0 aliphatic carbocycles. The molecule has 178 valence electrons. The predicted molar refractivity (Wildman–Crippen MR) is 127 cm³/mol. The van der Waals surface area contributed by atoms with Crippen LogP contribution in [0.5, 0.6) is 11.5 Å². The van der Waals surface area contributed by atoms with Crippen LogP contribution in [0.2, 0.25) is 0 Å². The lowest BCUT2D eigenvalue weighted by molar-refractivity contribution is -0.131. The first-order valence-corrected chi connectivity index (χ1v) is 11.4. The zero-order valence-electron chi connectivity index (χ0n) is 19.2. The Labute approximate surface area is 201 Å². The predicted octanol–water partition coefficient (Wildman–Crippen LogP) is 3.64. The van der Waals surface area contributed by atoms with E-state index in [1.54, 1.807) is 23.0 Å². The van der Waals surface area contributed by atoms with Crippen molar-refractivity contribution < 1.29 is 19.4 Å². The molecule has 0 amide bonds. The van der Waals surface area contributed by atoms with Crippen molar-refractivity contribution >= 4 is 22.6 Å². The largest absolute Gasteiger partial charge is 0.478 e. The first-order valence-electron chi connectivity index (χ1n) is 11.4. The lowest BCUT2D eigenvalue weighted by Gasteiger charge is -2.20. The molecule has 0 spiro atoms. The maximum atomic E-state index is 11.7. The lowest BCUT2D eigenvalue weighted by Crippen LogP contribution is -2.16. The molecule has 4 aromatic rings. The quantitative estimate of drug-likeness (QED) is 0.363. The zero-order chi connectivity index (χ0) is 24.2. The Morgan fingerprint density at radius 1 is 1.17 bits per heavy atom. The van der Waals surface area contributed by atoms with Gasteiger partial charge in [-0.3, -0.25) is 0 Å². The Hall–Kier alpha value is -4.34. The van der Waals surface area contributed by atoms with Crippen LogP contribution in [-0.2, 0) is 17.6 Å². The monoisotopic (exact) mass is 472 g/mol. The van der Waals surface area contributed by atoms with Crippen molar-refractivity contribution in [3.8, 4) is 11.5 Å². The molecule has 35 heavy (non-hydrogen) atoms. The number of allylic oxidation sites excluding steroid dienone is 1. The number of pyridine rings is 2. The second-order valence-electron chi connectivity index (χ2n) is 8.18. The van der Waals surface area contributed by atoms with Crippen LogP contribution in [-0.4, -0.2) is 48.0 Å². The third kappa shape index (κ3) is 4.81. The smallest absolute Gasteiger partial charge is 0.328 e. The van der Waals surface area contributed by atoms with Crippen LogP contribution in [0.4, 0.5) is 0 Å². The van der Waals surface area contributed by atoms with Crippen LogP contribution in [0.1, 0.15) is 42.9 Å². The molecule has 3 aromatic heterocycles. The minimum Gasteiger partial charge on any atom is -0.478 e. The number of carboxylic acid groups (broad SMARTS) is 1. The number of carboxylic acids is 1. The van der Waals surface area contributed by atoms with Crippen molar-refractivity contribution in [3.63, 3.8) is 0 Å². The van der Waals surface area contributed by atoms with Crippen LogP contribution in [0, 0.1) is 0 Å². The number of benzene rings is 1. The number of tetrazole rings is 1. The summed E-state index contributed by atoms with van der Waals surface area (Å²) in [7, 11) is 0. The molecule has 0 bridgehead atoms. The number of hydrogen-bond acceptors (Lipinski definition) is 8. The van der Waals surface area contributed by atoms with E-state index in [0.29, 0.717) is 35.7 Å². The van der Waals surface area contributed by atoms with Gasteiger partial charge in [-0.2, -0.15) is 0 Å². The van der Waals surface area contributed by atoms with Gasteiger partial charge in [-0.15, -0.1) is 5.10 Å². The van der Waals surface area contributed by atoms with Crippen molar-refractivity contribution in [2.45, 2.75) is 38.6 Å². The molecular weight excluding hydrogens is 448 g/mol. The highest BCUT2D eigenvalue weighted by Gasteiger charge is 2.24. The molecule has 1 unspecified atom stereocenters. The minimum absolute atomic E-state index is 0.146. The van der Waals surface area contributed by atoms with E-state index in [1.807, 2.05) is 37.3 Å². The van der Waals surface area contributed by atoms with Crippen LogP contribution >= 0.6 is 0 Å². The van der Waals surface area contributed by atoms with E-state index in [4.69, 9.17) is 9.47 Å². The normalized spacial score (nSPS) is 13.8. The number of aliphatic carboxylic acids is 1. The van der Waals surface area contributed by atoms with Gasteiger partial charge in [0.1, 0.15) is 0 Å². The summed E-state index contributed by atoms with van der Waals surface area (Å²) in [6, 6.07) is 13.0. The molecule has 0 radical (unpaired) electrons. The molecule has 5 rings (SSSR count).